The van der Waals surface area contributed by atoms with E-state index in [-0.39, 0.29) is 24.9 Å². The molecule has 6 nitrogen and oxygen atoms in total. The number of hydrogen-bond acceptors (Lipinski definition) is 3. The zero-order valence-corrected chi connectivity index (χ0v) is 8.59. The maximum absolute atomic E-state index is 11.1. The zero-order valence-electron chi connectivity index (χ0n) is 7.83. The van der Waals surface area contributed by atoms with Gasteiger partial charge in [-0.25, -0.2) is 4.79 Å². The van der Waals surface area contributed by atoms with Gasteiger partial charge in [-0.05, 0) is 0 Å². The summed E-state index contributed by atoms with van der Waals surface area (Å²) in [4.78, 5) is 23.4. The minimum Gasteiger partial charge on any atom is -1.00 e. The molecule has 0 spiro atoms. The zero-order chi connectivity index (χ0) is 9.68. The van der Waals surface area contributed by atoms with E-state index in [2.05, 4.69) is 5.32 Å². The second-order valence-electron chi connectivity index (χ2n) is 3.05. The maximum Gasteiger partial charge on any atom is 0.318 e. The van der Waals surface area contributed by atoms with Crippen LogP contribution in [-0.2, 0) is 4.79 Å². The normalized spacial score (nSPS) is 16.9. The molecule has 0 aromatic carbocycles. The van der Waals surface area contributed by atoms with E-state index < -0.39 is 6.03 Å². The summed E-state index contributed by atoms with van der Waals surface area (Å²) in [6.45, 7) is 4.03. The number of halogens is 1. The second kappa shape index (κ2) is 6.58. The van der Waals surface area contributed by atoms with Crippen molar-refractivity contribution in [2.75, 3.05) is 32.7 Å². The van der Waals surface area contributed by atoms with Crippen LogP contribution in [0.3, 0.4) is 0 Å². The molecule has 14 heavy (non-hydrogen) atoms. The third-order valence-corrected chi connectivity index (χ3v) is 1.93. The summed E-state index contributed by atoms with van der Waals surface area (Å²) in [7, 11) is 0. The Balaban J connectivity index is 0.00000169. The third kappa shape index (κ3) is 5.00. The summed E-state index contributed by atoms with van der Waals surface area (Å²) in [6.07, 6.45) is 0. The van der Waals surface area contributed by atoms with Crippen molar-refractivity contribution >= 4 is 11.9 Å². The van der Waals surface area contributed by atoms with Crippen LogP contribution in [0.5, 0.6) is 0 Å². The van der Waals surface area contributed by atoms with Crippen molar-refractivity contribution < 1.29 is 27.3 Å². The predicted molar refractivity (Wildman–Crippen MR) is 45.8 cm³/mol. The van der Waals surface area contributed by atoms with Crippen molar-refractivity contribution in [3.05, 3.63) is 0 Å². The molecule has 5 N–H and O–H groups in total. The van der Waals surface area contributed by atoms with E-state index in [1.165, 1.54) is 0 Å². The average Bonchev–Trinajstić information content (AvgIpc) is 2.04. The van der Waals surface area contributed by atoms with Crippen molar-refractivity contribution in [3.63, 3.8) is 0 Å². The first-order chi connectivity index (χ1) is 6.18. The largest absolute Gasteiger partial charge is 1.00 e. The van der Waals surface area contributed by atoms with Crippen LogP contribution in [0.1, 0.15) is 0 Å². The number of nitrogens with two attached hydrogens (primary N) is 2. The Bertz CT molecular complexity index is 206. The molecule has 3 amide bonds. The fourth-order valence-corrected chi connectivity index (χ4v) is 1.34. The van der Waals surface area contributed by atoms with Crippen LogP contribution in [0.25, 0.3) is 0 Å². The summed E-state index contributed by atoms with van der Waals surface area (Å²) < 4.78 is 0. The first kappa shape index (κ1) is 13.2. The Morgan fingerprint density at radius 2 is 1.93 bits per heavy atom. The summed E-state index contributed by atoms with van der Waals surface area (Å²) in [5.41, 5.74) is 4.80. The number of amides is 3. The molecule has 1 fully saturated rings. The Morgan fingerprint density at radius 1 is 1.36 bits per heavy atom. The first-order valence-electron chi connectivity index (χ1n) is 4.32. The number of hydrogen-bond donors (Lipinski definition) is 3. The smallest absolute Gasteiger partial charge is 0.318 e. The fraction of sp³-hybridized carbons (Fsp3) is 0.714. The van der Waals surface area contributed by atoms with Gasteiger partial charge < -0.3 is 23.5 Å². The number of rotatable bonds is 2. The Kier molecular flexibility index (Phi) is 6.18. The number of carbonyl (C=O) groups excluding carboxylic acids is 2. The molecule has 0 radical (unpaired) electrons. The van der Waals surface area contributed by atoms with Gasteiger partial charge >= 0.3 is 6.03 Å². The van der Waals surface area contributed by atoms with E-state index in [0.29, 0.717) is 0 Å². The van der Waals surface area contributed by atoms with Crippen molar-refractivity contribution in [2.45, 2.75) is 0 Å². The Morgan fingerprint density at radius 3 is 2.43 bits per heavy atom. The molecule has 0 aromatic rings. The molecule has 1 rings (SSSR count). The van der Waals surface area contributed by atoms with E-state index in [9.17, 15) is 9.59 Å². The number of primary amides is 1. The van der Waals surface area contributed by atoms with Crippen LogP contribution < -0.4 is 28.8 Å². The van der Waals surface area contributed by atoms with Gasteiger partial charge in [-0.2, -0.15) is 0 Å². The molecule has 0 aromatic heterocycles. The maximum atomic E-state index is 11.1. The number of quaternary nitrogens is 1. The molecular weight excluding hydrogens is 208 g/mol. The van der Waals surface area contributed by atoms with Crippen LogP contribution in [0.15, 0.2) is 0 Å². The summed E-state index contributed by atoms with van der Waals surface area (Å²) >= 11 is 0. The topological polar surface area (TPSA) is 92.0 Å². The molecular formula is C7H15ClN4O2. The Labute approximate surface area is 88.6 Å². The van der Waals surface area contributed by atoms with Gasteiger partial charge in [0.25, 0.3) is 0 Å². The van der Waals surface area contributed by atoms with Gasteiger partial charge in [-0.15, -0.1) is 0 Å². The standard InChI is InChI=1S/C7H14N4O2.ClH/c8-7(13)10-6(12)5-11-3-1-9-2-4-11;/h9H,1-5H2,(H3,8,10,12,13);1H. The van der Waals surface area contributed by atoms with Gasteiger partial charge in [0, 0.05) is 13.1 Å². The lowest BCUT2D eigenvalue weighted by Gasteiger charge is -2.23. The molecule has 0 unspecified atom stereocenters. The fourth-order valence-electron chi connectivity index (χ4n) is 1.34. The number of imide groups is 1. The van der Waals surface area contributed by atoms with E-state index in [0.717, 1.165) is 26.2 Å². The average molecular weight is 223 g/mol. The second-order valence-corrected chi connectivity index (χ2v) is 3.05. The van der Waals surface area contributed by atoms with Crippen LogP contribution in [0.4, 0.5) is 4.79 Å². The van der Waals surface area contributed by atoms with Gasteiger partial charge in [-0.1, -0.05) is 0 Å². The Hall–Kier alpha value is -0.850. The lowest BCUT2D eigenvalue weighted by molar-refractivity contribution is -0.663. The number of urea groups is 1. The van der Waals surface area contributed by atoms with Gasteiger partial charge in [0.15, 0.2) is 0 Å². The molecule has 1 heterocycles. The summed E-state index contributed by atoms with van der Waals surface area (Å²) in [5.74, 6) is -0.325. The van der Waals surface area contributed by atoms with Gasteiger partial charge in [0.1, 0.15) is 0 Å². The molecule has 0 atom stereocenters. The highest BCUT2D eigenvalue weighted by molar-refractivity contribution is 5.94. The summed E-state index contributed by atoms with van der Waals surface area (Å²) in [6, 6.07) is -0.784. The highest BCUT2D eigenvalue weighted by Crippen LogP contribution is 1.86. The monoisotopic (exact) mass is 222 g/mol. The molecule has 1 aliphatic heterocycles. The van der Waals surface area contributed by atoms with E-state index in [1.54, 1.807) is 0 Å². The SMILES string of the molecule is NC(=O)NC(=O)CN1CC[NH2+]CC1.[Cl-]. The highest BCUT2D eigenvalue weighted by atomic mass is 35.5. The van der Waals surface area contributed by atoms with Crippen molar-refractivity contribution in [1.29, 1.82) is 0 Å². The summed E-state index contributed by atoms with van der Waals surface area (Å²) in [5, 5.41) is 4.24. The van der Waals surface area contributed by atoms with E-state index in [1.807, 2.05) is 10.2 Å². The van der Waals surface area contributed by atoms with Crippen LogP contribution in [0, 0.1) is 0 Å². The van der Waals surface area contributed by atoms with E-state index >= 15 is 0 Å². The van der Waals surface area contributed by atoms with Crippen LogP contribution in [0.2, 0.25) is 0 Å². The minimum atomic E-state index is -0.784. The molecule has 82 valence electrons. The molecule has 7 heteroatoms. The van der Waals surface area contributed by atoms with Crippen molar-refractivity contribution in [1.82, 2.24) is 10.2 Å². The highest BCUT2D eigenvalue weighted by Gasteiger charge is 2.15. The first-order valence-corrected chi connectivity index (χ1v) is 4.32. The van der Waals surface area contributed by atoms with E-state index in [4.69, 9.17) is 5.73 Å². The molecule has 1 aliphatic rings. The number of nitrogens with one attached hydrogen (secondary N) is 1. The van der Waals surface area contributed by atoms with Crippen LogP contribution in [-0.4, -0.2) is 49.6 Å². The lowest BCUT2D eigenvalue weighted by atomic mass is 10.3. The molecule has 0 saturated carbocycles. The van der Waals surface area contributed by atoms with Crippen molar-refractivity contribution in [2.24, 2.45) is 5.73 Å². The van der Waals surface area contributed by atoms with Gasteiger partial charge in [0.2, 0.25) is 5.91 Å². The number of carbonyl (C=O) groups is 2. The molecule has 0 aliphatic carbocycles. The van der Waals surface area contributed by atoms with Crippen LogP contribution >= 0.6 is 0 Å². The van der Waals surface area contributed by atoms with Gasteiger partial charge in [-0.3, -0.25) is 15.0 Å². The quantitative estimate of drug-likeness (QED) is 0.435. The number of nitrogens with zero attached hydrogens (tertiary/aromatic N) is 1. The number of piperazine rings is 1. The predicted octanol–water partition coefficient (Wildman–Crippen LogP) is -5.94. The minimum absolute atomic E-state index is 0. The molecule has 0 bridgehead atoms. The molecule has 1 saturated heterocycles. The van der Waals surface area contributed by atoms with Gasteiger partial charge in [0.05, 0.1) is 19.6 Å². The van der Waals surface area contributed by atoms with Crippen molar-refractivity contribution in [3.8, 4) is 0 Å². The lowest BCUT2D eigenvalue weighted by Crippen LogP contribution is -3.00. The third-order valence-electron chi connectivity index (χ3n) is 1.93.